The smallest absolute Gasteiger partial charge is 0.140 e. The van der Waals surface area contributed by atoms with Crippen molar-refractivity contribution in [3.63, 3.8) is 0 Å². The van der Waals surface area contributed by atoms with Gasteiger partial charge < -0.3 is 10.0 Å². The van der Waals surface area contributed by atoms with Crippen LogP contribution in [-0.2, 0) is 0 Å². The summed E-state index contributed by atoms with van der Waals surface area (Å²) in [6.07, 6.45) is 2.61. The monoisotopic (exact) mass is 280 g/mol. The van der Waals surface area contributed by atoms with Crippen LogP contribution in [0.3, 0.4) is 0 Å². The molecule has 0 aliphatic carbocycles. The van der Waals surface area contributed by atoms with Crippen LogP contribution in [0.1, 0.15) is 31.1 Å². The Labute approximate surface area is 126 Å². The molecule has 21 heavy (non-hydrogen) atoms. The molecule has 3 nitrogen and oxygen atoms in total. The summed E-state index contributed by atoms with van der Waals surface area (Å²) >= 11 is 0. The first-order valence-corrected chi connectivity index (χ1v) is 7.19. The van der Waals surface area contributed by atoms with E-state index in [0.717, 1.165) is 29.9 Å². The van der Waals surface area contributed by atoms with Crippen LogP contribution >= 0.6 is 0 Å². The van der Waals surface area contributed by atoms with Gasteiger partial charge in [-0.25, -0.2) is 0 Å². The van der Waals surface area contributed by atoms with Gasteiger partial charge >= 0.3 is 0 Å². The van der Waals surface area contributed by atoms with E-state index in [1.807, 2.05) is 36.4 Å². The number of benzene rings is 1. The zero-order chi connectivity index (χ0) is 15.1. The number of hydrogen-bond donors (Lipinski definition) is 1. The van der Waals surface area contributed by atoms with Crippen LogP contribution in [0.2, 0.25) is 0 Å². The van der Waals surface area contributed by atoms with E-state index in [9.17, 15) is 5.11 Å². The molecule has 0 amide bonds. The molecule has 1 unspecified atom stereocenters. The fourth-order valence-electron chi connectivity index (χ4n) is 2.13. The van der Waals surface area contributed by atoms with Crippen LogP contribution < -0.4 is 4.90 Å². The minimum absolute atomic E-state index is 0.774. The first kappa shape index (κ1) is 15.1. The summed E-state index contributed by atoms with van der Waals surface area (Å²) < 4.78 is 0. The van der Waals surface area contributed by atoms with Gasteiger partial charge in [0, 0.05) is 36.7 Å². The van der Waals surface area contributed by atoms with Gasteiger partial charge in [-0.3, -0.25) is 4.98 Å². The van der Waals surface area contributed by atoms with E-state index >= 15 is 0 Å². The van der Waals surface area contributed by atoms with Crippen molar-refractivity contribution in [2.45, 2.75) is 20.0 Å². The van der Waals surface area contributed by atoms with Crippen LogP contribution in [-0.4, -0.2) is 23.2 Å². The molecule has 0 aliphatic rings. The normalized spacial score (nSPS) is 11.4. The number of hydrogen-bond acceptors (Lipinski definition) is 3. The number of aliphatic hydroxyl groups is 1. The zero-order valence-corrected chi connectivity index (χ0v) is 12.5. The number of aromatic nitrogens is 1. The van der Waals surface area contributed by atoms with Crippen LogP contribution in [0.4, 0.5) is 5.69 Å². The Morgan fingerprint density at radius 3 is 2.24 bits per heavy atom. The average Bonchev–Trinajstić information content (AvgIpc) is 2.55. The van der Waals surface area contributed by atoms with Gasteiger partial charge in [-0.05, 0) is 43.7 Å². The lowest BCUT2D eigenvalue weighted by atomic mass is 10.1. The topological polar surface area (TPSA) is 36.4 Å². The molecule has 1 heterocycles. The fourth-order valence-corrected chi connectivity index (χ4v) is 2.13. The Bertz CT molecular complexity index is 607. The fraction of sp³-hybridized carbons (Fsp3) is 0.278. The summed E-state index contributed by atoms with van der Waals surface area (Å²) in [6.45, 7) is 6.21. The van der Waals surface area contributed by atoms with Crippen LogP contribution in [0, 0.1) is 11.8 Å². The quantitative estimate of drug-likeness (QED) is 0.875. The van der Waals surface area contributed by atoms with E-state index in [1.165, 1.54) is 0 Å². The third-order valence-electron chi connectivity index (χ3n) is 3.37. The van der Waals surface area contributed by atoms with Crippen molar-refractivity contribution < 1.29 is 5.11 Å². The molecule has 2 aromatic rings. The molecule has 1 aromatic heterocycles. The van der Waals surface area contributed by atoms with Crippen molar-refractivity contribution in [1.29, 1.82) is 0 Å². The highest BCUT2D eigenvalue weighted by Gasteiger charge is 2.05. The molecule has 0 fully saturated rings. The van der Waals surface area contributed by atoms with Crippen molar-refractivity contribution >= 4 is 5.69 Å². The third-order valence-corrected chi connectivity index (χ3v) is 3.37. The van der Waals surface area contributed by atoms with Crippen LogP contribution in [0.5, 0.6) is 0 Å². The van der Waals surface area contributed by atoms with Crippen molar-refractivity contribution in [2.75, 3.05) is 18.0 Å². The Kier molecular flexibility index (Phi) is 5.36. The van der Waals surface area contributed by atoms with E-state index in [4.69, 9.17) is 0 Å². The van der Waals surface area contributed by atoms with Crippen molar-refractivity contribution in [3.05, 3.63) is 59.9 Å². The number of rotatable bonds is 4. The molecule has 0 saturated heterocycles. The number of aliphatic hydroxyl groups excluding tert-OH is 1. The Hall–Kier alpha value is -2.31. The van der Waals surface area contributed by atoms with Gasteiger partial charge in [-0.15, -0.1) is 0 Å². The Morgan fingerprint density at radius 2 is 1.67 bits per heavy atom. The third kappa shape index (κ3) is 4.08. The van der Waals surface area contributed by atoms with E-state index in [1.54, 1.807) is 12.4 Å². The van der Waals surface area contributed by atoms with Gasteiger partial charge in [-0.2, -0.15) is 0 Å². The second kappa shape index (κ2) is 7.47. The molecule has 3 heteroatoms. The molecule has 1 N–H and O–H groups in total. The molecule has 1 atom stereocenters. The molecule has 0 radical (unpaired) electrons. The SMILES string of the molecule is CCN(CC)c1ccc(C(O)C#Cc2ccncc2)cc1. The highest BCUT2D eigenvalue weighted by atomic mass is 16.3. The molecule has 0 aliphatic heterocycles. The molecular weight excluding hydrogens is 260 g/mol. The zero-order valence-electron chi connectivity index (χ0n) is 12.5. The summed E-state index contributed by atoms with van der Waals surface area (Å²) in [7, 11) is 0. The lowest BCUT2D eigenvalue weighted by molar-refractivity contribution is 0.238. The standard InChI is InChI=1S/C18H20N2O/c1-3-20(4-2)17-8-6-16(7-9-17)18(21)10-5-15-11-13-19-14-12-15/h6-9,11-14,18,21H,3-4H2,1-2H3. The van der Waals surface area contributed by atoms with E-state index in [0.29, 0.717) is 0 Å². The van der Waals surface area contributed by atoms with Crippen molar-refractivity contribution in [3.8, 4) is 11.8 Å². The average molecular weight is 280 g/mol. The van der Waals surface area contributed by atoms with Crippen LogP contribution in [0.25, 0.3) is 0 Å². The van der Waals surface area contributed by atoms with E-state index in [2.05, 4.69) is 35.6 Å². The number of pyridine rings is 1. The lowest BCUT2D eigenvalue weighted by Gasteiger charge is -2.21. The minimum Gasteiger partial charge on any atom is -0.376 e. The van der Waals surface area contributed by atoms with Gasteiger partial charge in [0.2, 0.25) is 0 Å². The lowest BCUT2D eigenvalue weighted by Crippen LogP contribution is -2.21. The number of anilines is 1. The van der Waals surface area contributed by atoms with Gasteiger partial charge in [0.1, 0.15) is 6.10 Å². The molecule has 1 aromatic carbocycles. The molecule has 108 valence electrons. The Morgan fingerprint density at radius 1 is 1.05 bits per heavy atom. The second-order valence-corrected chi connectivity index (χ2v) is 4.67. The molecule has 0 spiro atoms. The minimum atomic E-state index is -0.774. The van der Waals surface area contributed by atoms with Crippen LogP contribution in [0.15, 0.2) is 48.8 Å². The maximum absolute atomic E-state index is 10.1. The summed E-state index contributed by atoms with van der Waals surface area (Å²) in [6, 6.07) is 11.6. The summed E-state index contributed by atoms with van der Waals surface area (Å²) in [5.74, 6) is 5.81. The van der Waals surface area contributed by atoms with Crippen molar-refractivity contribution in [2.24, 2.45) is 0 Å². The molecule has 0 saturated carbocycles. The largest absolute Gasteiger partial charge is 0.376 e. The van der Waals surface area contributed by atoms with Gasteiger partial charge in [0.05, 0.1) is 0 Å². The molecule has 0 bridgehead atoms. The van der Waals surface area contributed by atoms with E-state index < -0.39 is 6.10 Å². The van der Waals surface area contributed by atoms with Crippen molar-refractivity contribution in [1.82, 2.24) is 4.98 Å². The summed E-state index contributed by atoms with van der Waals surface area (Å²) in [4.78, 5) is 6.20. The van der Waals surface area contributed by atoms with E-state index in [-0.39, 0.29) is 0 Å². The maximum atomic E-state index is 10.1. The summed E-state index contributed by atoms with van der Waals surface area (Å²) in [5, 5.41) is 10.1. The predicted molar refractivity (Wildman–Crippen MR) is 86.1 cm³/mol. The predicted octanol–water partition coefficient (Wildman–Crippen LogP) is 3.01. The first-order valence-electron chi connectivity index (χ1n) is 7.19. The second-order valence-electron chi connectivity index (χ2n) is 4.67. The van der Waals surface area contributed by atoms with Gasteiger partial charge in [-0.1, -0.05) is 24.0 Å². The Balaban J connectivity index is 2.10. The number of nitrogens with zero attached hydrogens (tertiary/aromatic N) is 2. The summed E-state index contributed by atoms with van der Waals surface area (Å²) in [5.41, 5.74) is 2.83. The van der Waals surface area contributed by atoms with Gasteiger partial charge in [0.15, 0.2) is 0 Å². The molecular formula is C18H20N2O. The maximum Gasteiger partial charge on any atom is 0.140 e. The first-order chi connectivity index (χ1) is 10.2. The highest BCUT2D eigenvalue weighted by molar-refractivity contribution is 5.48. The van der Waals surface area contributed by atoms with Gasteiger partial charge in [0.25, 0.3) is 0 Å². The highest BCUT2D eigenvalue weighted by Crippen LogP contribution is 2.19. The molecule has 2 rings (SSSR count).